The van der Waals surface area contributed by atoms with Gasteiger partial charge in [-0.3, -0.25) is 4.79 Å². The van der Waals surface area contributed by atoms with Crippen molar-refractivity contribution in [1.82, 2.24) is 0 Å². The van der Waals surface area contributed by atoms with Crippen LogP contribution in [0.1, 0.15) is 65.7 Å². The number of hydrogen-bond acceptors (Lipinski definition) is 4. The van der Waals surface area contributed by atoms with Gasteiger partial charge in [-0.05, 0) is 68.1 Å². The van der Waals surface area contributed by atoms with Crippen LogP contribution < -0.4 is 0 Å². The van der Waals surface area contributed by atoms with Crippen molar-refractivity contribution < 1.29 is 19.7 Å². The van der Waals surface area contributed by atoms with E-state index in [1.54, 1.807) is 0 Å². The molecule has 2 N–H and O–H groups in total. The molecule has 0 radical (unpaired) electrons. The van der Waals surface area contributed by atoms with E-state index in [9.17, 15) is 15.0 Å². The summed E-state index contributed by atoms with van der Waals surface area (Å²) in [4.78, 5) is 11.9. The Bertz CT molecular complexity index is 630. The van der Waals surface area contributed by atoms with Gasteiger partial charge in [0.25, 0.3) is 0 Å². The fraction of sp³-hybridized carbons (Fsp3) is 0.864. The van der Waals surface area contributed by atoms with E-state index in [1.165, 1.54) is 18.9 Å². The predicted octanol–water partition coefficient (Wildman–Crippen LogP) is 3.46. The molecule has 0 aromatic rings. The highest BCUT2D eigenvalue weighted by Crippen LogP contribution is 2.72. The first kappa shape index (κ1) is 18.5. The highest BCUT2D eigenvalue weighted by atomic mass is 16.5. The zero-order valence-corrected chi connectivity index (χ0v) is 16.5. The lowest BCUT2D eigenvalue weighted by Gasteiger charge is -2.66. The first-order valence-corrected chi connectivity index (χ1v) is 10.3. The fourth-order valence-electron chi connectivity index (χ4n) is 7.85. The summed E-state index contributed by atoms with van der Waals surface area (Å²) in [6.45, 7) is 10.3. The van der Waals surface area contributed by atoms with E-state index in [2.05, 4.69) is 13.5 Å². The highest BCUT2D eigenvalue weighted by molar-refractivity contribution is 5.66. The molecule has 4 rings (SSSR count). The second-order valence-corrected chi connectivity index (χ2v) is 10.2. The fourth-order valence-corrected chi connectivity index (χ4v) is 7.85. The van der Waals surface area contributed by atoms with Crippen LogP contribution in [0, 0.1) is 34.0 Å². The number of rotatable bonds is 2. The maximum absolute atomic E-state index is 11.9. The third-order valence-corrected chi connectivity index (χ3v) is 9.10. The zero-order valence-electron chi connectivity index (χ0n) is 16.5. The van der Waals surface area contributed by atoms with Crippen LogP contribution in [0.4, 0.5) is 0 Å². The Hall–Kier alpha value is -0.870. The minimum atomic E-state index is -0.528. The van der Waals surface area contributed by atoms with Gasteiger partial charge in [0, 0.05) is 17.8 Å². The second-order valence-electron chi connectivity index (χ2n) is 10.2. The van der Waals surface area contributed by atoms with Gasteiger partial charge in [0.05, 0.1) is 12.7 Å². The summed E-state index contributed by atoms with van der Waals surface area (Å²) in [7, 11) is 0. The molecule has 0 heterocycles. The zero-order chi connectivity index (χ0) is 18.9. The van der Waals surface area contributed by atoms with Crippen molar-refractivity contribution >= 4 is 5.97 Å². The van der Waals surface area contributed by atoms with Crippen LogP contribution in [0.15, 0.2) is 12.2 Å². The molecule has 0 aromatic carbocycles. The van der Waals surface area contributed by atoms with Gasteiger partial charge in [0.2, 0.25) is 0 Å². The molecular weight excluding hydrogens is 328 g/mol. The van der Waals surface area contributed by atoms with E-state index < -0.39 is 11.5 Å². The van der Waals surface area contributed by atoms with Crippen molar-refractivity contribution in [1.29, 1.82) is 0 Å². The Kier molecular flexibility index (Phi) is 4.13. The van der Waals surface area contributed by atoms with Crippen LogP contribution in [-0.2, 0) is 9.53 Å². The van der Waals surface area contributed by atoms with Crippen molar-refractivity contribution in [2.75, 3.05) is 6.61 Å². The number of carbonyl (C=O) groups is 1. The van der Waals surface area contributed by atoms with E-state index in [0.717, 1.165) is 38.5 Å². The number of aliphatic hydroxyl groups excluding tert-OH is 2. The summed E-state index contributed by atoms with van der Waals surface area (Å²) < 4.78 is 5.95. The van der Waals surface area contributed by atoms with Crippen LogP contribution in [0.2, 0.25) is 0 Å². The summed E-state index contributed by atoms with van der Waals surface area (Å²) in [5.41, 5.74) is 0.894. The lowest BCUT2D eigenvalue weighted by molar-refractivity contribution is -0.237. The van der Waals surface area contributed by atoms with Crippen LogP contribution in [0.25, 0.3) is 0 Å². The van der Waals surface area contributed by atoms with Crippen LogP contribution in [-0.4, -0.2) is 35.0 Å². The molecule has 4 saturated carbocycles. The molecule has 0 aromatic heterocycles. The van der Waals surface area contributed by atoms with Gasteiger partial charge >= 0.3 is 5.97 Å². The van der Waals surface area contributed by atoms with Gasteiger partial charge in [-0.25, -0.2) is 0 Å². The molecule has 4 heteroatoms. The SMILES string of the molecule is C=C1C[C@]23C[C@H]1CC[C@H]2[C@]1(C)CC[C@@H](O)[C@](C)(CO)[C@H]1C[C@@H]3OC(C)=O. The molecule has 8 atom stereocenters. The van der Waals surface area contributed by atoms with Gasteiger partial charge in [-0.1, -0.05) is 26.0 Å². The van der Waals surface area contributed by atoms with E-state index in [4.69, 9.17) is 4.74 Å². The van der Waals surface area contributed by atoms with E-state index in [0.29, 0.717) is 11.8 Å². The molecule has 0 aliphatic heterocycles. The van der Waals surface area contributed by atoms with Crippen molar-refractivity contribution in [2.45, 2.75) is 77.9 Å². The third-order valence-electron chi connectivity index (χ3n) is 9.10. The van der Waals surface area contributed by atoms with Gasteiger partial charge < -0.3 is 14.9 Å². The van der Waals surface area contributed by atoms with Crippen LogP contribution in [0.5, 0.6) is 0 Å². The van der Waals surface area contributed by atoms with E-state index in [1.807, 2.05) is 6.92 Å². The molecule has 0 amide bonds. The molecule has 0 saturated heterocycles. The lowest BCUT2D eigenvalue weighted by atomic mass is 9.40. The third kappa shape index (κ3) is 2.24. The first-order valence-electron chi connectivity index (χ1n) is 10.3. The summed E-state index contributed by atoms with van der Waals surface area (Å²) in [5, 5.41) is 21.0. The Labute approximate surface area is 157 Å². The number of ether oxygens (including phenoxy) is 1. The molecule has 4 nitrogen and oxygen atoms in total. The monoisotopic (exact) mass is 362 g/mol. The van der Waals surface area contributed by atoms with Gasteiger partial charge in [-0.2, -0.15) is 0 Å². The lowest BCUT2D eigenvalue weighted by Crippen LogP contribution is -2.65. The first-order chi connectivity index (χ1) is 12.2. The summed E-state index contributed by atoms with van der Waals surface area (Å²) in [6.07, 6.45) is 6.26. The van der Waals surface area contributed by atoms with Crippen molar-refractivity contribution in [2.24, 2.45) is 34.0 Å². The van der Waals surface area contributed by atoms with Crippen molar-refractivity contribution in [3.05, 3.63) is 12.2 Å². The minimum Gasteiger partial charge on any atom is -0.462 e. The number of aliphatic hydroxyl groups is 2. The van der Waals surface area contributed by atoms with Gasteiger partial charge in [0.1, 0.15) is 6.10 Å². The Morgan fingerprint density at radius 3 is 2.65 bits per heavy atom. The Balaban J connectivity index is 1.81. The molecule has 146 valence electrons. The standard InChI is InChI=1S/C22H34O4/c1-13-10-22-11-15(13)5-6-16(22)20(3)8-7-18(25)21(4,12-23)17(20)9-19(22)26-14(2)24/h15-19,23,25H,1,5-12H2,2-4H3/t15-,16+,17+,18-,19+,20+,21-,22+/m1/s1. The van der Waals surface area contributed by atoms with Crippen LogP contribution in [0.3, 0.4) is 0 Å². The molecule has 1 spiro atoms. The van der Waals surface area contributed by atoms with E-state index in [-0.39, 0.29) is 35.4 Å². The van der Waals surface area contributed by atoms with Gasteiger partial charge in [0.15, 0.2) is 0 Å². The van der Waals surface area contributed by atoms with Crippen LogP contribution >= 0.6 is 0 Å². The number of allylic oxidation sites excluding steroid dienone is 1. The number of fused-ring (bicyclic) bond motifs is 3. The molecular formula is C22H34O4. The quantitative estimate of drug-likeness (QED) is 0.583. The Morgan fingerprint density at radius 1 is 1.27 bits per heavy atom. The maximum atomic E-state index is 11.9. The molecule has 4 aliphatic carbocycles. The number of carbonyl (C=O) groups excluding carboxylic acids is 1. The number of esters is 1. The highest BCUT2D eigenvalue weighted by Gasteiger charge is 2.69. The summed E-state index contributed by atoms with van der Waals surface area (Å²) in [6, 6.07) is 0. The summed E-state index contributed by atoms with van der Waals surface area (Å²) >= 11 is 0. The molecule has 4 fully saturated rings. The minimum absolute atomic E-state index is 0.00950. The largest absolute Gasteiger partial charge is 0.462 e. The smallest absolute Gasteiger partial charge is 0.302 e. The normalized spacial score (nSPS) is 53.0. The average molecular weight is 363 g/mol. The second kappa shape index (κ2) is 5.81. The van der Waals surface area contributed by atoms with E-state index >= 15 is 0 Å². The van der Waals surface area contributed by atoms with Crippen molar-refractivity contribution in [3.63, 3.8) is 0 Å². The molecule has 26 heavy (non-hydrogen) atoms. The molecule has 4 aliphatic rings. The average Bonchev–Trinajstić information content (AvgIpc) is 2.83. The van der Waals surface area contributed by atoms with Gasteiger partial charge in [-0.15, -0.1) is 0 Å². The molecule has 0 unspecified atom stereocenters. The maximum Gasteiger partial charge on any atom is 0.302 e. The number of hydrogen-bond donors (Lipinski definition) is 2. The van der Waals surface area contributed by atoms with Crippen molar-refractivity contribution in [3.8, 4) is 0 Å². The topological polar surface area (TPSA) is 66.8 Å². The predicted molar refractivity (Wildman–Crippen MR) is 99.2 cm³/mol. The summed E-state index contributed by atoms with van der Waals surface area (Å²) in [5.74, 6) is 0.984. The Morgan fingerprint density at radius 2 is 2.00 bits per heavy atom. The molecule has 2 bridgehead atoms.